The number of esters is 1. The average molecular weight is 379 g/mol. The van der Waals surface area contributed by atoms with E-state index < -0.39 is 5.41 Å². The van der Waals surface area contributed by atoms with Gasteiger partial charge in [-0.3, -0.25) is 9.69 Å². The standard InChI is InChI=1S/C24H30N2O2/c1-28-23(27)24-18-25(14-12-20-8-4-2-5-9-20)15-13-22(24)17-26(19-24)16-21-10-6-3-7-11-21/h2-11,22H,12-19H2,1H3. The van der Waals surface area contributed by atoms with E-state index in [9.17, 15) is 4.79 Å². The summed E-state index contributed by atoms with van der Waals surface area (Å²) in [6.45, 7) is 5.55. The van der Waals surface area contributed by atoms with Gasteiger partial charge in [0.2, 0.25) is 0 Å². The van der Waals surface area contributed by atoms with Gasteiger partial charge in [-0.15, -0.1) is 0 Å². The second kappa shape index (κ2) is 8.46. The number of carbonyl (C=O) groups is 1. The Balaban J connectivity index is 1.45. The van der Waals surface area contributed by atoms with Gasteiger partial charge in [0.1, 0.15) is 0 Å². The first-order valence-electron chi connectivity index (χ1n) is 10.3. The monoisotopic (exact) mass is 378 g/mol. The van der Waals surface area contributed by atoms with E-state index in [-0.39, 0.29) is 5.97 Å². The number of hydrogen-bond acceptors (Lipinski definition) is 4. The van der Waals surface area contributed by atoms with Crippen molar-refractivity contribution in [2.24, 2.45) is 11.3 Å². The van der Waals surface area contributed by atoms with E-state index in [1.54, 1.807) is 0 Å². The maximum atomic E-state index is 12.9. The van der Waals surface area contributed by atoms with E-state index in [0.29, 0.717) is 5.92 Å². The van der Waals surface area contributed by atoms with Crippen molar-refractivity contribution < 1.29 is 9.53 Å². The van der Waals surface area contributed by atoms with Gasteiger partial charge in [0, 0.05) is 32.7 Å². The van der Waals surface area contributed by atoms with Crippen LogP contribution in [-0.4, -0.2) is 55.6 Å². The molecule has 28 heavy (non-hydrogen) atoms. The zero-order chi connectivity index (χ0) is 19.4. The van der Waals surface area contributed by atoms with Crippen molar-refractivity contribution in [2.45, 2.75) is 19.4 Å². The second-order valence-electron chi connectivity index (χ2n) is 8.30. The third-order valence-corrected chi connectivity index (χ3v) is 6.47. The second-order valence-corrected chi connectivity index (χ2v) is 8.30. The molecular weight excluding hydrogens is 348 g/mol. The van der Waals surface area contributed by atoms with Gasteiger partial charge in [-0.25, -0.2) is 0 Å². The van der Waals surface area contributed by atoms with E-state index in [1.165, 1.54) is 18.2 Å². The fourth-order valence-electron chi connectivity index (χ4n) is 5.03. The zero-order valence-electron chi connectivity index (χ0n) is 16.7. The van der Waals surface area contributed by atoms with Crippen LogP contribution < -0.4 is 0 Å². The summed E-state index contributed by atoms with van der Waals surface area (Å²) in [6, 6.07) is 21.2. The summed E-state index contributed by atoms with van der Waals surface area (Å²) in [5.74, 6) is 0.356. The first-order chi connectivity index (χ1) is 13.7. The topological polar surface area (TPSA) is 32.8 Å². The number of hydrogen-bond donors (Lipinski definition) is 0. The molecule has 0 aliphatic carbocycles. The number of ether oxygens (including phenoxy) is 1. The number of fused-ring (bicyclic) bond motifs is 1. The van der Waals surface area contributed by atoms with Crippen LogP contribution in [0.4, 0.5) is 0 Å². The lowest BCUT2D eigenvalue weighted by molar-refractivity contribution is -0.158. The molecule has 4 heteroatoms. The Kier molecular flexibility index (Phi) is 5.79. The Morgan fingerprint density at radius 2 is 1.64 bits per heavy atom. The van der Waals surface area contributed by atoms with Crippen molar-refractivity contribution in [2.75, 3.05) is 39.8 Å². The van der Waals surface area contributed by atoms with Crippen LogP contribution in [0.1, 0.15) is 17.5 Å². The number of carbonyl (C=O) groups excluding carboxylic acids is 1. The van der Waals surface area contributed by atoms with Crippen molar-refractivity contribution in [3.8, 4) is 0 Å². The minimum Gasteiger partial charge on any atom is -0.469 e. The van der Waals surface area contributed by atoms with Gasteiger partial charge >= 0.3 is 5.97 Å². The summed E-state index contributed by atoms with van der Waals surface area (Å²) in [5.41, 5.74) is 2.27. The summed E-state index contributed by atoms with van der Waals surface area (Å²) >= 11 is 0. The SMILES string of the molecule is COC(=O)C12CN(CCc3ccccc3)CCC1CN(Cc1ccccc1)C2. The van der Waals surface area contributed by atoms with Crippen molar-refractivity contribution in [3.63, 3.8) is 0 Å². The van der Waals surface area contributed by atoms with Crippen molar-refractivity contribution in [1.82, 2.24) is 9.80 Å². The van der Waals surface area contributed by atoms with Gasteiger partial charge in [0.25, 0.3) is 0 Å². The molecule has 0 spiro atoms. The molecular formula is C24H30N2O2. The van der Waals surface area contributed by atoms with Crippen LogP contribution >= 0.6 is 0 Å². The highest BCUT2D eigenvalue weighted by atomic mass is 16.5. The van der Waals surface area contributed by atoms with Crippen LogP contribution in [-0.2, 0) is 22.5 Å². The van der Waals surface area contributed by atoms with Crippen molar-refractivity contribution >= 4 is 5.97 Å². The average Bonchev–Trinajstić information content (AvgIpc) is 3.11. The zero-order valence-corrected chi connectivity index (χ0v) is 16.7. The van der Waals surface area contributed by atoms with Crippen molar-refractivity contribution in [3.05, 3.63) is 71.8 Å². The summed E-state index contributed by atoms with van der Waals surface area (Å²) in [7, 11) is 1.54. The minimum absolute atomic E-state index is 0.0301. The number of nitrogens with zero attached hydrogens (tertiary/aromatic N) is 2. The predicted octanol–water partition coefficient (Wildman–Crippen LogP) is 3.23. The molecule has 2 aliphatic rings. The smallest absolute Gasteiger partial charge is 0.314 e. The van der Waals surface area contributed by atoms with E-state index in [0.717, 1.165) is 52.1 Å². The Morgan fingerprint density at radius 3 is 2.32 bits per heavy atom. The van der Waals surface area contributed by atoms with Crippen LogP contribution in [0.25, 0.3) is 0 Å². The van der Waals surface area contributed by atoms with Gasteiger partial charge in [0.05, 0.1) is 12.5 Å². The molecule has 0 bridgehead atoms. The third-order valence-electron chi connectivity index (χ3n) is 6.47. The first-order valence-corrected chi connectivity index (χ1v) is 10.3. The molecule has 2 saturated heterocycles. The van der Waals surface area contributed by atoms with E-state index in [4.69, 9.17) is 4.74 Å². The van der Waals surface area contributed by atoms with E-state index in [2.05, 4.69) is 64.4 Å². The van der Waals surface area contributed by atoms with Gasteiger partial charge in [-0.05, 0) is 36.4 Å². The summed E-state index contributed by atoms with van der Waals surface area (Å²) in [4.78, 5) is 17.8. The fourth-order valence-corrected chi connectivity index (χ4v) is 5.03. The lowest BCUT2D eigenvalue weighted by Gasteiger charge is -2.42. The molecule has 2 fully saturated rings. The quantitative estimate of drug-likeness (QED) is 0.723. The van der Waals surface area contributed by atoms with Crippen LogP contribution in [0.5, 0.6) is 0 Å². The molecule has 4 rings (SSSR count). The van der Waals surface area contributed by atoms with E-state index >= 15 is 0 Å². The number of benzene rings is 2. The molecule has 148 valence electrons. The van der Waals surface area contributed by atoms with E-state index in [1.807, 2.05) is 6.07 Å². The minimum atomic E-state index is -0.390. The Morgan fingerprint density at radius 1 is 1.00 bits per heavy atom. The molecule has 2 aromatic carbocycles. The summed E-state index contributed by atoms with van der Waals surface area (Å²) in [6.07, 6.45) is 2.09. The molecule has 0 amide bonds. The molecule has 2 atom stereocenters. The van der Waals surface area contributed by atoms with Gasteiger partial charge < -0.3 is 9.64 Å². The van der Waals surface area contributed by atoms with Crippen LogP contribution in [0.15, 0.2) is 60.7 Å². The number of rotatable bonds is 6. The van der Waals surface area contributed by atoms with Crippen LogP contribution in [0, 0.1) is 11.3 Å². The number of methoxy groups -OCH3 is 1. The molecule has 2 unspecified atom stereocenters. The molecule has 0 aromatic heterocycles. The lowest BCUT2D eigenvalue weighted by Crippen LogP contribution is -2.54. The predicted molar refractivity (Wildman–Crippen MR) is 111 cm³/mol. The molecule has 2 heterocycles. The molecule has 2 aromatic rings. The fraction of sp³-hybridized carbons (Fsp3) is 0.458. The van der Waals surface area contributed by atoms with Gasteiger partial charge in [-0.2, -0.15) is 0 Å². The molecule has 4 nitrogen and oxygen atoms in total. The van der Waals surface area contributed by atoms with Crippen LogP contribution in [0.3, 0.4) is 0 Å². The lowest BCUT2D eigenvalue weighted by atomic mass is 9.73. The number of likely N-dealkylation sites (tertiary alicyclic amines) is 2. The maximum absolute atomic E-state index is 12.9. The maximum Gasteiger partial charge on any atom is 0.314 e. The largest absolute Gasteiger partial charge is 0.469 e. The van der Waals surface area contributed by atoms with Gasteiger partial charge in [-0.1, -0.05) is 60.7 Å². The van der Waals surface area contributed by atoms with Gasteiger partial charge in [0.15, 0.2) is 0 Å². The highest BCUT2D eigenvalue weighted by Crippen LogP contribution is 2.43. The highest BCUT2D eigenvalue weighted by Gasteiger charge is 2.55. The summed E-state index contributed by atoms with van der Waals surface area (Å²) < 4.78 is 5.31. The Bertz CT molecular complexity index is 780. The third kappa shape index (κ3) is 3.98. The summed E-state index contributed by atoms with van der Waals surface area (Å²) in [5, 5.41) is 0. The normalized spacial score (nSPS) is 25.4. The Hall–Kier alpha value is -2.17. The van der Waals surface area contributed by atoms with Crippen molar-refractivity contribution in [1.29, 1.82) is 0 Å². The molecule has 0 N–H and O–H groups in total. The number of piperidine rings is 1. The molecule has 0 radical (unpaired) electrons. The molecule has 2 aliphatic heterocycles. The Labute approximate surface area is 168 Å². The molecule has 0 saturated carbocycles. The highest BCUT2D eigenvalue weighted by molar-refractivity contribution is 5.78. The van der Waals surface area contributed by atoms with Crippen LogP contribution in [0.2, 0.25) is 0 Å². The first kappa shape index (κ1) is 19.2.